The monoisotopic (exact) mass is 222 g/mol. The van der Waals surface area contributed by atoms with Crippen LogP contribution in [0.25, 0.3) is 0 Å². The van der Waals surface area contributed by atoms with Crippen LogP contribution in [-0.4, -0.2) is 17.0 Å². The number of alkyl halides is 3. The van der Waals surface area contributed by atoms with E-state index < -0.39 is 35.7 Å². The van der Waals surface area contributed by atoms with Crippen LogP contribution in [0.2, 0.25) is 6.82 Å². The first-order chi connectivity index (χ1) is 6.73. The van der Waals surface area contributed by atoms with Crippen LogP contribution in [0.15, 0.2) is 12.1 Å². The number of phenolic OH excluding ortho intramolecular Hbond substituents is 1. The molecule has 0 saturated carbocycles. The van der Waals surface area contributed by atoms with E-state index in [4.69, 9.17) is 10.1 Å². The van der Waals surface area contributed by atoms with Gasteiger partial charge in [-0.15, -0.1) is 0 Å². The van der Waals surface area contributed by atoms with Crippen molar-refractivity contribution in [2.45, 2.75) is 13.0 Å². The second kappa shape index (κ2) is 3.73. The summed E-state index contributed by atoms with van der Waals surface area (Å²) in [6.07, 6.45) is -4.69. The van der Waals surface area contributed by atoms with E-state index in [-0.39, 0.29) is 6.07 Å². The fourth-order valence-electron chi connectivity index (χ4n) is 1.10. The lowest BCUT2D eigenvalue weighted by atomic mass is 9.63. The Morgan fingerprint density at radius 2 is 1.80 bits per heavy atom. The lowest BCUT2D eigenvalue weighted by Gasteiger charge is -2.11. The summed E-state index contributed by atoms with van der Waals surface area (Å²) in [5, 5.41) is 17.9. The largest absolute Gasteiger partial charge is 0.505 e. The van der Waals surface area contributed by atoms with Gasteiger partial charge in [-0.3, -0.25) is 0 Å². The number of hydrogen-bond donors (Lipinski definition) is 2. The van der Waals surface area contributed by atoms with Gasteiger partial charge in [0, 0.05) is 0 Å². The molecule has 82 valence electrons. The lowest BCUT2D eigenvalue weighted by Crippen LogP contribution is -2.30. The van der Waals surface area contributed by atoms with Gasteiger partial charge in [0.2, 0.25) is 0 Å². The smallest absolute Gasteiger partial charge is 0.416 e. The second-order valence-electron chi connectivity index (χ2n) is 3.07. The van der Waals surface area contributed by atoms with Gasteiger partial charge in [-0.2, -0.15) is 13.2 Å². The summed E-state index contributed by atoms with van der Waals surface area (Å²) in [4.78, 5) is 0. The predicted molar refractivity (Wildman–Crippen MR) is 46.5 cm³/mol. The maximum absolute atomic E-state index is 13.0. The highest BCUT2D eigenvalue weighted by molar-refractivity contribution is 6.65. The first-order valence-electron chi connectivity index (χ1n) is 4.01. The van der Waals surface area contributed by atoms with Crippen molar-refractivity contribution in [3.8, 4) is 5.75 Å². The molecular formula is C8H7BF4O2. The lowest BCUT2D eigenvalue weighted by molar-refractivity contribution is -0.137. The highest BCUT2D eigenvalue weighted by Gasteiger charge is 2.33. The van der Waals surface area contributed by atoms with Crippen LogP contribution >= 0.6 is 0 Å². The maximum atomic E-state index is 13.0. The SMILES string of the molecule is CB(O)c1cc(C(F)(F)F)cc(O)c1F. The zero-order valence-corrected chi connectivity index (χ0v) is 7.64. The molecule has 0 aliphatic rings. The molecule has 15 heavy (non-hydrogen) atoms. The number of phenols is 1. The van der Waals surface area contributed by atoms with Crippen molar-refractivity contribution in [1.82, 2.24) is 0 Å². The van der Waals surface area contributed by atoms with Crippen molar-refractivity contribution in [2.24, 2.45) is 0 Å². The van der Waals surface area contributed by atoms with E-state index in [9.17, 15) is 17.6 Å². The van der Waals surface area contributed by atoms with Gasteiger partial charge in [-0.05, 0) is 17.6 Å². The number of benzene rings is 1. The standard InChI is InChI=1S/C8H7BF4O2/c1-9(15)5-2-4(8(11,12)13)3-6(14)7(5)10/h2-3,14-15H,1H3. The van der Waals surface area contributed by atoms with Gasteiger partial charge in [0.1, 0.15) is 0 Å². The van der Waals surface area contributed by atoms with Crippen molar-refractivity contribution < 1.29 is 27.7 Å². The van der Waals surface area contributed by atoms with E-state index in [0.29, 0.717) is 6.07 Å². The number of aromatic hydroxyl groups is 1. The number of halogens is 4. The average molecular weight is 222 g/mol. The average Bonchev–Trinajstić information content (AvgIpc) is 2.06. The van der Waals surface area contributed by atoms with Crippen LogP contribution in [-0.2, 0) is 6.18 Å². The zero-order chi connectivity index (χ0) is 11.8. The van der Waals surface area contributed by atoms with E-state index in [1.54, 1.807) is 0 Å². The molecule has 0 amide bonds. The molecule has 0 heterocycles. The minimum Gasteiger partial charge on any atom is -0.505 e. The van der Waals surface area contributed by atoms with Gasteiger partial charge in [0.25, 0.3) is 0 Å². The Kier molecular flexibility index (Phi) is 2.94. The Morgan fingerprint density at radius 3 is 2.20 bits per heavy atom. The molecule has 7 heteroatoms. The molecule has 0 unspecified atom stereocenters. The predicted octanol–water partition coefficient (Wildman–Crippen LogP) is 1.37. The maximum Gasteiger partial charge on any atom is 0.416 e. The fourth-order valence-corrected chi connectivity index (χ4v) is 1.10. The van der Waals surface area contributed by atoms with E-state index in [0.717, 1.165) is 6.82 Å². The molecule has 2 N–H and O–H groups in total. The van der Waals surface area contributed by atoms with E-state index in [1.165, 1.54) is 0 Å². The van der Waals surface area contributed by atoms with Crippen LogP contribution in [0.4, 0.5) is 17.6 Å². The molecule has 0 fully saturated rings. The summed E-state index contributed by atoms with van der Waals surface area (Å²) in [5.74, 6) is -2.36. The minimum atomic E-state index is -4.69. The van der Waals surface area contributed by atoms with Gasteiger partial charge in [0.15, 0.2) is 11.6 Å². The highest BCUT2D eigenvalue weighted by atomic mass is 19.4. The van der Waals surface area contributed by atoms with Gasteiger partial charge in [0.05, 0.1) is 5.56 Å². The summed E-state index contributed by atoms with van der Waals surface area (Å²) in [6.45, 7) is -0.309. The first kappa shape index (κ1) is 11.8. The molecule has 1 aromatic carbocycles. The molecule has 0 radical (unpaired) electrons. The van der Waals surface area contributed by atoms with Crippen LogP contribution in [0.3, 0.4) is 0 Å². The van der Waals surface area contributed by atoms with Crippen LogP contribution in [0.5, 0.6) is 5.75 Å². The zero-order valence-electron chi connectivity index (χ0n) is 7.64. The van der Waals surface area contributed by atoms with Gasteiger partial charge in [-0.25, -0.2) is 4.39 Å². The molecule has 2 nitrogen and oxygen atoms in total. The molecule has 0 atom stereocenters. The second-order valence-corrected chi connectivity index (χ2v) is 3.07. The van der Waals surface area contributed by atoms with Crippen LogP contribution in [0, 0.1) is 5.82 Å². The van der Waals surface area contributed by atoms with Crippen LogP contribution < -0.4 is 5.46 Å². The third-order valence-electron chi connectivity index (χ3n) is 1.86. The first-order valence-corrected chi connectivity index (χ1v) is 4.01. The van der Waals surface area contributed by atoms with Crippen molar-refractivity contribution in [2.75, 3.05) is 0 Å². The third-order valence-corrected chi connectivity index (χ3v) is 1.86. The Balaban J connectivity index is 3.36. The number of hydrogen-bond acceptors (Lipinski definition) is 2. The van der Waals surface area contributed by atoms with Crippen LogP contribution in [0.1, 0.15) is 5.56 Å². The van der Waals surface area contributed by atoms with Gasteiger partial charge < -0.3 is 10.1 Å². The summed E-state index contributed by atoms with van der Waals surface area (Å²) >= 11 is 0. The third kappa shape index (κ3) is 2.41. The molecule has 1 rings (SSSR count). The highest BCUT2D eigenvalue weighted by Crippen LogP contribution is 2.31. The van der Waals surface area contributed by atoms with E-state index >= 15 is 0 Å². The van der Waals surface area contributed by atoms with Crippen molar-refractivity contribution in [3.05, 3.63) is 23.5 Å². The van der Waals surface area contributed by atoms with E-state index in [2.05, 4.69) is 0 Å². The topological polar surface area (TPSA) is 40.5 Å². The van der Waals surface area contributed by atoms with Gasteiger partial charge >= 0.3 is 13.1 Å². The van der Waals surface area contributed by atoms with E-state index in [1.807, 2.05) is 0 Å². The fraction of sp³-hybridized carbons (Fsp3) is 0.250. The van der Waals surface area contributed by atoms with Crippen molar-refractivity contribution in [3.63, 3.8) is 0 Å². The molecule has 0 aliphatic carbocycles. The summed E-state index contributed by atoms with van der Waals surface area (Å²) in [7, 11) is 0. The Bertz CT molecular complexity index is 376. The summed E-state index contributed by atoms with van der Waals surface area (Å²) in [5.41, 5.74) is -1.78. The molecule has 0 saturated heterocycles. The Morgan fingerprint density at radius 1 is 1.27 bits per heavy atom. The molecule has 0 spiro atoms. The normalized spacial score (nSPS) is 11.6. The quantitative estimate of drug-likeness (QED) is 0.556. The van der Waals surface area contributed by atoms with Crippen molar-refractivity contribution >= 4 is 12.4 Å². The molecular weight excluding hydrogens is 215 g/mol. The Labute approximate surface area is 83.3 Å². The molecule has 0 aromatic heterocycles. The Hall–Kier alpha value is -1.24. The summed E-state index contributed by atoms with van der Waals surface area (Å²) < 4.78 is 49.7. The summed E-state index contributed by atoms with van der Waals surface area (Å²) in [6, 6.07) is 0.751. The minimum absolute atomic E-state index is 0.279. The molecule has 0 bridgehead atoms. The molecule has 1 aromatic rings. The van der Waals surface area contributed by atoms with Crippen molar-refractivity contribution in [1.29, 1.82) is 0 Å². The number of rotatable bonds is 1. The molecule has 0 aliphatic heterocycles. The van der Waals surface area contributed by atoms with Gasteiger partial charge in [-0.1, -0.05) is 6.82 Å².